The van der Waals surface area contributed by atoms with Gasteiger partial charge in [-0.1, -0.05) is 0 Å². The maximum atomic E-state index is 12.5. The summed E-state index contributed by atoms with van der Waals surface area (Å²) in [6.45, 7) is 2.77. The number of hydrogen-bond donors (Lipinski definition) is 2. The van der Waals surface area contributed by atoms with Crippen LogP contribution in [-0.2, 0) is 14.3 Å². The van der Waals surface area contributed by atoms with Crippen molar-refractivity contribution in [2.45, 2.75) is 50.5 Å². The van der Waals surface area contributed by atoms with Crippen molar-refractivity contribution in [3.05, 3.63) is 0 Å². The predicted octanol–water partition coefficient (Wildman–Crippen LogP) is 0.437. The Morgan fingerprint density at radius 1 is 1.33 bits per heavy atom. The number of rotatable bonds is 4. The molecule has 7 heteroatoms. The lowest BCUT2D eigenvalue weighted by Crippen LogP contribution is -2.54. The summed E-state index contributed by atoms with van der Waals surface area (Å²) in [5.74, 6) is -1.56. The first-order chi connectivity index (χ1) is 10.1. The molecular weight excluding hydrogens is 276 g/mol. The third-order valence-corrected chi connectivity index (χ3v) is 4.78. The van der Waals surface area contributed by atoms with Crippen molar-refractivity contribution in [2.24, 2.45) is 5.92 Å². The van der Waals surface area contributed by atoms with Crippen LogP contribution in [0.3, 0.4) is 0 Å². The van der Waals surface area contributed by atoms with Crippen LogP contribution in [0.5, 0.6) is 0 Å². The van der Waals surface area contributed by atoms with Gasteiger partial charge in [0.05, 0.1) is 37.5 Å². The molecule has 3 fully saturated rings. The summed E-state index contributed by atoms with van der Waals surface area (Å²) in [5.41, 5.74) is 0. The number of ether oxygens (including phenoxy) is 2. The molecule has 3 aliphatic rings. The van der Waals surface area contributed by atoms with E-state index in [2.05, 4.69) is 5.32 Å². The van der Waals surface area contributed by atoms with E-state index >= 15 is 0 Å². The molecule has 0 aromatic carbocycles. The number of carbonyl (C=O) groups is 2. The van der Waals surface area contributed by atoms with Crippen LogP contribution < -0.4 is 5.32 Å². The normalized spacial score (nSPS) is 37.7. The molecule has 0 saturated carbocycles. The van der Waals surface area contributed by atoms with Gasteiger partial charge in [0.2, 0.25) is 0 Å². The summed E-state index contributed by atoms with van der Waals surface area (Å²) < 4.78 is 11.0. The molecule has 5 atom stereocenters. The van der Waals surface area contributed by atoms with Crippen LogP contribution in [0.15, 0.2) is 0 Å². The van der Waals surface area contributed by atoms with Gasteiger partial charge in [-0.3, -0.25) is 4.79 Å². The molecule has 3 aliphatic heterocycles. The quantitative estimate of drug-likeness (QED) is 0.786. The molecule has 5 unspecified atom stereocenters. The van der Waals surface area contributed by atoms with Gasteiger partial charge < -0.3 is 24.8 Å². The monoisotopic (exact) mass is 298 g/mol. The number of nitrogens with zero attached hydrogens (tertiary/aromatic N) is 1. The highest BCUT2D eigenvalue weighted by atomic mass is 16.5. The Balaban J connectivity index is 1.62. The molecule has 3 saturated heterocycles. The van der Waals surface area contributed by atoms with Crippen molar-refractivity contribution in [1.29, 1.82) is 0 Å². The highest BCUT2D eigenvalue weighted by Crippen LogP contribution is 2.34. The number of carbonyl (C=O) groups excluding carboxylic acids is 1. The van der Waals surface area contributed by atoms with Crippen molar-refractivity contribution in [1.82, 2.24) is 10.2 Å². The summed E-state index contributed by atoms with van der Waals surface area (Å²) in [7, 11) is 0. The molecular formula is C14H22N2O5. The van der Waals surface area contributed by atoms with Crippen LogP contribution >= 0.6 is 0 Å². The van der Waals surface area contributed by atoms with Crippen LogP contribution in [0, 0.1) is 5.92 Å². The summed E-state index contributed by atoms with van der Waals surface area (Å²) in [6.07, 6.45) is 3.32. The van der Waals surface area contributed by atoms with Crippen molar-refractivity contribution in [3.63, 3.8) is 0 Å². The Labute approximate surface area is 123 Å². The van der Waals surface area contributed by atoms with E-state index in [-0.39, 0.29) is 37.5 Å². The van der Waals surface area contributed by atoms with Crippen LogP contribution in [0.1, 0.15) is 26.2 Å². The molecule has 21 heavy (non-hydrogen) atoms. The number of fused-ring (bicyclic) bond motifs is 2. The lowest BCUT2D eigenvalue weighted by atomic mass is 9.95. The van der Waals surface area contributed by atoms with Gasteiger partial charge in [0.15, 0.2) is 0 Å². The molecule has 0 radical (unpaired) electrons. The second-order valence-electron chi connectivity index (χ2n) is 6.00. The van der Waals surface area contributed by atoms with E-state index in [1.807, 2.05) is 6.92 Å². The zero-order valence-electron chi connectivity index (χ0n) is 12.2. The number of carboxylic acid groups (broad SMARTS) is 1. The Morgan fingerprint density at radius 2 is 2.14 bits per heavy atom. The van der Waals surface area contributed by atoms with Gasteiger partial charge in [-0.25, -0.2) is 4.79 Å². The topological polar surface area (TPSA) is 88.1 Å². The first-order valence-electron chi connectivity index (χ1n) is 7.63. The zero-order valence-corrected chi connectivity index (χ0v) is 12.2. The fourth-order valence-electron chi connectivity index (χ4n) is 3.65. The van der Waals surface area contributed by atoms with Gasteiger partial charge >= 0.3 is 12.0 Å². The average molecular weight is 298 g/mol. The molecule has 3 heterocycles. The second-order valence-corrected chi connectivity index (χ2v) is 6.00. The lowest BCUT2D eigenvalue weighted by Gasteiger charge is -2.31. The number of aliphatic carboxylic acids is 1. The molecule has 118 valence electrons. The van der Waals surface area contributed by atoms with Crippen LogP contribution in [0.2, 0.25) is 0 Å². The van der Waals surface area contributed by atoms with E-state index in [0.29, 0.717) is 6.54 Å². The maximum Gasteiger partial charge on any atom is 0.318 e. The Morgan fingerprint density at radius 3 is 2.71 bits per heavy atom. The first kappa shape index (κ1) is 14.6. The van der Waals surface area contributed by atoms with E-state index in [1.54, 1.807) is 4.90 Å². The number of carboxylic acids is 1. The number of hydrogen-bond acceptors (Lipinski definition) is 4. The lowest BCUT2D eigenvalue weighted by molar-refractivity contribution is -0.142. The molecule has 0 spiro atoms. The largest absolute Gasteiger partial charge is 0.481 e. The van der Waals surface area contributed by atoms with Crippen LogP contribution in [-0.4, -0.2) is 66.1 Å². The average Bonchev–Trinajstić information content (AvgIpc) is 3.14. The Bertz CT molecular complexity index is 430. The number of likely N-dealkylation sites (N-methyl/N-ethyl adjacent to an activating group) is 1. The van der Waals surface area contributed by atoms with Crippen LogP contribution in [0.25, 0.3) is 0 Å². The maximum absolute atomic E-state index is 12.5. The fraction of sp³-hybridized carbons (Fsp3) is 0.857. The molecule has 0 aromatic heterocycles. The van der Waals surface area contributed by atoms with Crippen molar-refractivity contribution in [2.75, 3.05) is 19.8 Å². The Kier molecular flexibility index (Phi) is 4.03. The van der Waals surface area contributed by atoms with E-state index in [9.17, 15) is 14.7 Å². The highest BCUT2D eigenvalue weighted by Gasteiger charge is 2.44. The highest BCUT2D eigenvalue weighted by molar-refractivity contribution is 5.77. The minimum atomic E-state index is -0.910. The number of amides is 2. The minimum Gasteiger partial charge on any atom is -0.481 e. The second kappa shape index (κ2) is 5.81. The van der Waals surface area contributed by atoms with E-state index in [0.717, 1.165) is 19.3 Å². The van der Waals surface area contributed by atoms with Crippen molar-refractivity contribution < 1.29 is 24.2 Å². The fourth-order valence-corrected chi connectivity index (χ4v) is 3.65. The number of urea groups is 1. The van der Waals surface area contributed by atoms with Gasteiger partial charge in [0.1, 0.15) is 5.92 Å². The molecule has 0 aliphatic carbocycles. The van der Waals surface area contributed by atoms with Gasteiger partial charge in [-0.2, -0.15) is 0 Å². The summed E-state index contributed by atoms with van der Waals surface area (Å²) in [4.78, 5) is 25.3. The van der Waals surface area contributed by atoms with Crippen molar-refractivity contribution in [3.8, 4) is 0 Å². The molecule has 2 N–H and O–H groups in total. The van der Waals surface area contributed by atoms with Gasteiger partial charge in [-0.05, 0) is 26.2 Å². The molecule has 2 bridgehead atoms. The first-order valence-corrected chi connectivity index (χ1v) is 7.63. The third kappa shape index (κ3) is 2.72. The smallest absolute Gasteiger partial charge is 0.318 e. The summed E-state index contributed by atoms with van der Waals surface area (Å²) >= 11 is 0. The standard InChI is InChI=1S/C14H22N2O5/c1-2-16(11-7-20-6-9(11)13(17)18)14(19)15-10-5-8-3-4-12(10)21-8/h8-12H,2-7H2,1H3,(H,15,19)(H,17,18). The van der Waals surface area contributed by atoms with E-state index < -0.39 is 17.9 Å². The van der Waals surface area contributed by atoms with E-state index in [4.69, 9.17) is 9.47 Å². The molecule has 2 amide bonds. The van der Waals surface area contributed by atoms with Gasteiger partial charge in [0.25, 0.3) is 0 Å². The predicted molar refractivity (Wildman–Crippen MR) is 72.9 cm³/mol. The molecule has 7 nitrogen and oxygen atoms in total. The van der Waals surface area contributed by atoms with Crippen molar-refractivity contribution >= 4 is 12.0 Å². The van der Waals surface area contributed by atoms with Crippen LogP contribution in [0.4, 0.5) is 4.79 Å². The summed E-state index contributed by atoms with van der Waals surface area (Å²) in [5, 5.41) is 12.2. The minimum absolute atomic E-state index is 0.0518. The van der Waals surface area contributed by atoms with Gasteiger partial charge in [-0.15, -0.1) is 0 Å². The Hall–Kier alpha value is -1.34. The van der Waals surface area contributed by atoms with Gasteiger partial charge in [0, 0.05) is 6.54 Å². The number of nitrogens with one attached hydrogen (secondary N) is 1. The zero-order chi connectivity index (χ0) is 15.0. The van der Waals surface area contributed by atoms with E-state index in [1.165, 1.54) is 0 Å². The molecule has 0 aromatic rings. The third-order valence-electron chi connectivity index (χ3n) is 4.78. The summed E-state index contributed by atoms with van der Waals surface area (Å²) in [6, 6.07) is -0.552. The SMILES string of the molecule is CCN(C(=O)NC1CC2CCC1O2)C1COCC1C(=O)O. The molecule has 3 rings (SSSR count).